The number of ether oxygens (including phenoxy) is 2. The third kappa shape index (κ3) is 6.68. The Labute approximate surface area is 163 Å². The number of nitrogens with one attached hydrogen (secondary N) is 2. The van der Waals surface area contributed by atoms with Gasteiger partial charge in [0.05, 0.1) is 12.0 Å². The summed E-state index contributed by atoms with van der Waals surface area (Å²) in [6.07, 6.45) is -4.89. The molecule has 0 aliphatic carbocycles. The van der Waals surface area contributed by atoms with Crippen LogP contribution < -0.4 is 14.8 Å². The number of hydrogen-bond acceptors (Lipinski definition) is 6. The van der Waals surface area contributed by atoms with Crippen LogP contribution >= 0.6 is 0 Å². The molecular formula is C17H15F3N2O6S. The summed E-state index contributed by atoms with van der Waals surface area (Å²) in [6.45, 7) is -0.322. The van der Waals surface area contributed by atoms with Gasteiger partial charge >= 0.3 is 12.3 Å². The molecule has 8 nitrogen and oxygen atoms in total. The minimum absolute atomic E-state index is 0.116. The Kier molecular flexibility index (Phi) is 6.69. The van der Waals surface area contributed by atoms with Gasteiger partial charge in [-0.05, 0) is 48.5 Å². The monoisotopic (exact) mass is 432 g/mol. The molecule has 1 amide bonds. The van der Waals surface area contributed by atoms with Crippen molar-refractivity contribution in [1.82, 2.24) is 5.32 Å². The first-order valence-electron chi connectivity index (χ1n) is 7.84. The van der Waals surface area contributed by atoms with Crippen LogP contribution in [0.3, 0.4) is 0 Å². The first-order valence-corrected chi connectivity index (χ1v) is 9.32. The van der Waals surface area contributed by atoms with Gasteiger partial charge in [-0.3, -0.25) is 14.3 Å². The molecule has 0 saturated carbocycles. The minimum atomic E-state index is -4.89. The molecule has 0 saturated heterocycles. The van der Waals surface area contributed by atoms with Gasteiger partial charge < -0.3 is 14.8 Å². The van der Waals surface area contributed by atoms with Crippen molar-refractivity contribution in [2.24, 2.45) is 0 Å². The van der Waals surface area contributed by atoms with Crippen LogP contribution in [0, 0.1) is 0 Å². The number of benzene rings is 2. The molecule has 29 heavy (non-hydrogen) atoms. The Morgan fingerprint density at radius 3 is 2.10 bits per heavy atom. The normalized spacial score (nSPS) is 11.4. The second-order valence-electron chi connectivity index (χ2n) is 5.46. The third-order valence-electron chi connectivity index (χ3n) is 3.39. The lowest BCUT2D eigenvalue weighted by Gasteiger charge is -2.11. The Morgan fingerprint density at radius 2 is 1.59 bits per heavy atom. The maximum atomic E-state index is 12.3. The lowest BCUT2D eigenvalue weighted by molar-refractivity contribution is -0.274. The molecular weight excluding hydrogens is 417 g/mol. The van der Waals surface area contributed by atoms with Gasteiger partial charge in [-0.2, -0.15) is 0 Å². The van der Waals surface area contributed by atoms with Gasteiger partial charge in [0.15, 0.2) is 0 Å². The van der Waals surface area contributed by atoms with Gasteiger partial charge in [0, 0.05) is 11.3 Å². The Bertz CT molecular complexity index is 974. The predicted octanol–water partition coefficient (Wildman–Crippen LogP) is 2.29. The molecule has 2 aromatic carbocycles. The SMILES string of the molecule is COC(=O)CNC(=O)c1ccc(NS(=O)(=O)c2ccc(OC(F)(F)F)cc2)cc1. The van der Waals surface area contributed by atoms with E-state index in [2.05, 4.69) is 19.5 Å². The third-order valence-corrected chi connectivity index (χ3v) is 4.79. The number of rotatable bonds is 7. The minimum Gasteiger partial charge on any atom is -0.468 e. The Hall–Kier alpha value is -3.28. The average Bonchev–Trinajstić information content (AvgIpc) is 2.65. The number of alkyl halides is 3. The van der Waals surface area contributed by atoms with Crippen molar-refractivity contribution in [3.8, 4) is 5.75 Å². The van der Waals surface area contributed by atoms with Crippen LogP contribution in [0.4, 0.5) is 18.9 Å². The highest BCUT2D eigenvalue weighted by Gasteiger charge is 2.31. The van der Waals surface area contributed by atoms with Crippen molar-refractivity contribution >= 4 is 27.6 Å². The molecule has 0 bridgehead atoms. The highest BCUT2D eigenvalue weighted by molar-refractivity contribution is 7.92. The van der Waals surface area contributed by atoms with E-state index in [0.29, 0.717) is 0 Å². The number of anilines is 1. The number of hydrogen-bond donors (Lipinski definition) is 2. The van der Waals surface area contributed by atoms with E-state index in [0.717, 1.165) is 24.3 Å². The molecule has 0 fully saturated rings. The second kappa shape index (κ2) is 8.82. The van der Waals surface area contributed by atoms with E-state index in [-0.39, 0.29) is 22.7 Å². The Balaban J connectivity index is 2.05. The van der Waals surface area contributed by atoms with Gasteiger partial charge in [-0.25, -0.2) is 8.42 Å². The fourth-order valence-electron chi connectivity index (χ4n) is 2.05. The number of carbonyl (C=O) groups is 2. The summed E-state index contributed by atoms with van der Waals surface area (Å²) < 4.78 is 71.4. The zero-order chi connectivity index (χ0) is 21.7. The quantitative estimate of drug-likeness (QED) is 0.650. The standard InChI is InChI=1S/C17H15F3N2O6S/c1-27-15(23)10-21-16(24)11-2-4-12(5-3-11)22-29(25,26)14-8-6-13(7-9-14)28-17(18,19)20/h2-9,22H,10H2,1H3,(H,21,24). The van der Waals surface area contributed by atoms with Gasteiger partial charge in [-0.1, -0.05) is 0 Å². The van der Waals surface area contributed by atoms with Crippen molar-refractivity contribution < 1.29 is 40.7 Å². The fraction of sp³-hybridized carbons (Fsp3) is 0.176. The first kappa shape index (κ1) is 22.0. The van der Waals surface area contributed by atoms with Crippen LogP contribution in [0.15, 0.2) is 53.4 Å². The topological polar surface area (TPSA) is 111 Å². The molecule has 2 N–H and O–H groups in total. The molecule has 12 heteroatoms. The summed E-state index contributed by atoms with van der Waals surface area (Å²) in [4.78, 5) is 22.6. The molecule has 156 valence electrons. The lowest BCUT2D eigenvalue weighted by Crippen LogP contribution is -2.30. The van der Waals surface area contributed by atoms with E-state index in [1.54, 1.807) is 0 Å². The van der Waals surface area contributed by atoms with E-state index in [4.69, 9.17) is 0 Å². The summed E-state index contributed by atoms with van der Waals surface area (Å²) in [7, 11) is -2.91. The molecule has 2 rings (SSSR count). The summed E-state index contributed by atoms with van der Waals surface area (Å²) in [5, 5.41) is 2.32. The summed E-state index contributed by atoms with van der Waals surface area (Å²) in [5.41, 5.74) is 0.288. The number of amides is 1. The van der Waals surface area contributed by atoms with Crippen molar-refractivity contribution in [3.05, 3.63) is 54.1 Å². The van der Waals surface area contributed by atoms with Crippen molar-refractivity contribution in [1.29, 1.82) is 0 Å². The molecule has 0 aliphatic rings. The number of halogens is 3. The molecule has 0 aliphatic heterocycles. The van der Waals surface area contributed by atoms with E-state index in [1.165, 1.54) is 31.4 Å². The molecule has 0 aromatic heterocycles. The fourth-order valence-corrected chi connectivity index (χ4v) is 3.11. The van der Waals surface area contributed by atoms with Crippen LogP contribution in [-0.4, -0.2) is 40.3 Å². The van der Waals surface area contributed by atoms with Crippen LogP contribution in [0.5, 0.6) is 5.75 Å². The second-order valence-corrected chi connectivity index (χ2v) is 7.14. The van der Waals surface area contributed by atoms with E-state index < -0.39 is 34.0 Å². The van der Waals surface area contributed by atoms with E-state index in [1.807, 2.05) is 0 Å². The largest absolute Gasteiger partial charge is 0.573 e. The highest BCUT2D eigenvalue weighted by Crippen LogP contribution is 2.24. The zero-order valence-corrected chi connectivity index (χ0v) is 15.6. The molecule has 2 aromatic rings. The van der Waals surface area contributed by atoms with Gasteiger partial charge in [0.1, 0.15) is 12.3 Å². The van der Waals surface area contributed by atoms with Gasteiger partial charge in [-0.15, -0.1) is 13.2 Å². The zero-order valence-electron chi connectivity index (χ0n) is 14.8. The van der Waals surface area contributed by atoms with Crippen molar-refractivity contribution in [2.75, 3.05) is 18.4 Å². The first-order chi connectivity index (χ1) is 13.5. The lowest BCUT2D eigenvalue weighted by atomic mass is 10.2. The molecule has 0 atom stereocenters. The van der Waals surface area contributed by atoms with Crippen LogP contribution in [-0.2, 0) is 19.6 Å². The summed E-state index contributed by atoms with van der Waals surface area (Å²) in [5.74, 6) is -1.75. The maximum Gasteiger partial charge on any atom is 0.573 e. The molecule has 0 radical (unpaired) electrons. The van der Waals surface area contributed by atoms with Crippen LogP contribution in [0.25, 0.3) is 0 Å². The van der Waals surface area contributed by atoms with Crippen molar-refractivity contribution in [2.45, 2.75) is 11.3 Å². The van der Waals surface area contributed by atoms with Crippen LogP contribution in [0.1, 0.15) is 10.4 Å². The van der Waals surface area contributed by atoms with Gasteiger partial charge in [0.25, 0.3) is 15.9 Å². The van der Waals surface area contributed by atoms with Gasteiger partial charge in [0.2, 0.25) is 0 Å². The summed E-state index contributed by atoms with van der Waals surface area (Å²) >= 11 is 0. The highest BCUT2D eigenvalue weighted by atomic mass is 32.2. The Morgan fingerprint density at radius 1 is 1.00 bits per heavy atom. The van der Waals surface area contributed by atoms with E-state index in [9.17, 15) is 31.2 Å². The average molecular weight is 432 g/mol. The number of methoxy groups -OCH3 is 1. The number of esters is 1. The predicted molar refractivity (Wildman–Crippen MR) is 94.7 cm³/mol. The summed E-state index contributed by atoms with van der Waals surface area (Å²) in [6, 6.07) is 8.93. The smallest absolute Gasteiger partial charge is 0.468 e. The number of carbonyl (C=O) groups excluding carboxylic acids is 2. The maximum absolute atomic E-state index is 12.3. The molecule has 0 spiro atoms. The van der Waals surface area contributed by atoms with Crippen molar-refractivity contribution in [3.63, 3.8) is 0 Å². The number of sulfonamides is 1. The van der Waals surface area contributed by atoms with E-state index >= 15 is 0 Å². The molecule has 0 heterocycles. The van der Waals surface area contributed by atoms with Crippen LogP contribution in [0.2, 0.25) is 0 Å². The molecule has 0 unspecified atom stereocenters.